The van der Waals surface area contributed by atoms with Crippen LogP contribution in [0.4, 0.5) is 13.2 Å². The molecular weight excluding hydrogens is 325 g/mol. The summed E-state index contributed by atoms with van der Waals surface area (Å²) in [7, 11) is 0. The van der Waals surface area contributed by atoms with E-state index in [2.05, 4.69) is 15.0 Å². The lowest BCUT2D eigenvalue weighted by molar-refractivity contribution is -0.137. The molecule has 0 aliphatic heterocycles. The molecule has 0 saturated carbocycles. The van der Waals surface area contributed by atoms with Gasteiger partial charge in [0.15, 0.2) is 5.16 Å². The summed E-state index contributed by atoms with van der Waals surface area (Å²) in [6, 6.07) is 7.97. The fourth-order valence-corrected chi connectivity index (χ4v) is 2.67. The average molecular weight is 336 g/mol. The molecule has 0 aliphatic carbocycles. The molecular formula is C15H11F3N4S. The van der Waals surface area contributed by atoms with Crippen molar-refractivity contribution >= 4 is 11.8 Å². The van der Waals surface area contributed by atoms with Crippen molar-refractivity contribution in [3.05, 3.63) is 66.4 Å². The molecule has 0 fully saturated rings. The Morgan fingerprint density at radius 2 is 1.87 bits per heavy atom. The van der Waals surface area contributed by atoms with Crippen LogP contribution in [0.1, 0.15) is 11.3 Å². The molecule has 0 spiro atoms. The third-order valence-corrected chi connectivity index (χ3v) is 3.97. The van der Waals surface area contributed by atoms with Crippen LogP contribution in [-0.4, -0.2) is 19.5 Å². The molecule has 0 radical (unpaired) electrons. The second kappa shape index (κ2) is 6.41. The zero-order chi connectivity index (χ0) is 16.3. The van der Waals surface area contributed by atoms with E-state index in [0.717, 1.165) is 18.0 Å². The van der Waals surface area contributed by atoms with Gasteiger partial charge >= 0.3 is 6.18 Å². The first-order valence-corrected chi connectivity index (χ1v) is 7.46. The zero-order valence-corrected chi connectivity index (χ0v) is 12.6. The SMILES string of the molecule is FC(F)(F)c1ccc(Sc2nccn2Cc2ccccn2)nc1. The summed E-state index contributed by atoms with van der Waals surface area (Å²) in [5, 5.41) is 1.09. The van der Waals surface area contributed by atoms with Gasteiger partial charge in [0, 0.05) is 24.8 Å². The van der Waals surface area contributed by atoms with Crippen molar-refractivity contribution in [2.24, 2.45) is 0 Å². The van der Waals surface area contributed by atoms with E-state index in [-0.39, 0.29) is 0 Å². The summed E-state index contributed by atoms with van der Waals surface area (Å²) >= 11 is 1.21. The highest BCUT2D eigenvalue weighted by atomic mass is 32.2. The topological polar surface area (TPSA) is 43.6 Å². The largest absolute Gasteiger partial charge is 0.417 e. The summed E-state index contributed by atoms with van der Waals surface area (Å²) in [6.45, 7) is 0.532. The molecule has 4 nitrogen and oxygen atoms in total. The Morgan fingerprint density at radius 1 is 1.00 bits per heavy atom. The number of halogens is 3. The zero-order valence-electron chi connectivity index (χ0n) is 11.7. The second-order valence-corrected chi connectivity index (χ2v) is 5.63. The minimum absolute atomic E-state index is 0.450. The van der Waals surface area contributed by atoms with Gasteiger partial charge in [-0.3, -0.25) is 4.98 Å². The Labute approximate surface area is 134 Å². The molecule has 3 rings (SSSR count). The quantitative estimate of drug-likeness (QED) is 0.725. The van der Waals surface area contributed by atoms with Crippen molar-refractivity contribution in [2.45, 2.75) is 22.9 Å². The van der Waals surface area contributed by atoms with Gasteiger partial charge in [0.1, 0.15) is 5.03 Å². The maximum absolute atomic E-state index is 12.5. The van der Waals surface area contributed by atoms with Gasteiger partial charge in [-0.1, -0.05) is 6.07 Å². The first-order valence-electron chi connectivity index (χ1n) is 6.64. The molecule has 0 atom stereocenters. The van der Waals surface area contributed by atoms with E-state index in [4.69, 9.17) is 0 Å². The lowest BCUT2D eigenvalue weighted by Gasteiger charge is -2.08. The van der Waals surface area contributed by atoms with Gasteiger partial charge < -0.3 is 4.57 Å². The molecule has 3 aromatic rings. The molecule has 23 heavy (non-hydrogen) atoms. The second-order valence-electron chi connectivity index (χ2n) is 4.64. The van der Waals surface area contributed by atoms with Crippen molar-refractivity contribution in [1.29, 1.82) is 0 Å². The van der Waals surface area contributed by atoms with Gasteiger partial charge in [0.2, 0.25) is 0 Å². The van der Waals surface area contributed by atoms with E-state index < -0.39 is 11.7 Å². The lowest BCUT2D eigenvalue weighted by atomic mass is 10.3. The van der Waals surface area contributed by atoms with Crippen LogP contribution in [-0.2, 0) is 12.7 Å². The van der Waals surface area contributed by atoms with Crippen molar-refractivity contribution in [2.75, 3.05) is 0 Å². The molecule has 0 N–H and O–H groups in total. The first kappa shape index (κ1) is 15.5. The summed E-state index contributed by atoms with van der Waals surface area (Å²) in [5.74, 6) is 0. The Hall–Kier alpha value is -2.35. The van der Waals surface area contributed by atoms with Gasteiger partial charge in [-0.2, -0.15) is 13.2 Å². The van der Waals surface area contributed by atoms with E-state index in [1.807, 2.05) is 22.8 Å². The third-order valence-electron chi connectivity index (χ3n) is 3.00. The lowest BCUT2D eigenvalue weighted by Crippen LogP contribution is -2.05. The first-order chi connectivity index (χ1) is 11.0. The maximum atomic E-state index is 12.5. The number of hydrogen-bond donors (Lipinski definition) is 0. The standard InChI is InChI=1S/C15H11F3N4S/c16-15(17,18)11-4-5-13(21-9-11)23-14-20-7-8-22(14)10-12-3-1-2-6-19-12/h1-9H,10H2. The molecule has 0 bridgehead atoms. The Bertz CT molecular complexity index is 769. The van der Waals surface area contributed by atoms with Crippen molar-refractivity contribution in [3.8, 4) is 0 Å². The Morgan fingerprint density at radius 3 is 2.52 bits per heavy atom. The molecule has 0 aromatic carbocycles. The third kappa shape index (κ3) is 3.89. The monoisotopic (exact) mass is 336 g/mol. The van der Waals surface area contributed by atoms with Gasteiger partial charge in [-0.05, 0) is 36.0 Å². The summed E-state index contributed by atoms with van der Waals surface area (Å²) in [4.78, 5) is 12.3. The van der Waals surface area contributed by atoms with Crippen molar-refractivity contribution in [1.82, 2.24) is 19.5 Å². The van der Waals surface area contributed by atoms with Gasteiger partial charge in [0.25, 0.3) is 0 Å². The number of pyridine rings is 2. The van der Waals surface area contributed by atoms with Crippen LogP contribution in [0.25, 0.3) is 0 Å². The predicted octanol–water partition coefficient (Wildman–Crippen LogP) is 3.89. The molecule has 0 saturated heterocycles. The number of imidazole rings is 1. The molecule has 3 heterocycles. The highest BCUT2D eigenvalue weighted by Gasteiger charge is 2.30. The fraction of sp³-hybridized carbons (Fsp3) is 0.133. The van der Waals surface area contributed by atoms with Crippen LogP contribution in [0.3, 0.4) is 0 Å². The molecule has 118 valence electrons. The number of hydrogen-bond acceptors (Lipinski definition) is 4. The van der Waals surface area contributed by atoms with E-state index in [0.29, 0.717) is 16.7 Å². The van der Waals surface area contributed by atoms with Crippen LogP contribution in [0.2, 0.25) is 0 Å². The van der Waals surface area contributed by atoms with Crippen LogP contribution >= 0.6 is 11.8 Å². The fourth-order valence-electron chi connectivity index (χ4n) is 1.89. The molecule has 0 aliphatic rings. The van der Waals surface area contributed by atoms with Crippen molar-refractivity contribution in [3.63, 3.8) is 0 Å². The Kier molecular flexibility index (Phi) is 4.33. The van der Waals surface area contributed by atoms with Crippen LogP contribution in [0, 0.1) is 0 Å². The van der Waals surface area contributed by atoms with E-state index in [9.17, 15) is 13.2 Å². The smallest absolute Gasteiger partial charge is 0.320 e. The maximum Gasteiger partial charge on any atom is 0.417 e. The minimum Gasteiger partial charge on any atom is -0.320 e. The number of nitrogens with zero attached hydrogens (tertiary/aromatic N) is 4. The number of rotatable bonds is 4. The van der Waals surface area contributed by atoms with E-state index in [1.165, 1.54) is 17.8 Å². The summed E-state index contributed by atoms with van der Waals surface area (Å²) in [5.41, 5.74) is 0.103. The summed E-state index contributed by atoms with van der Waals surface area (Å²) < 4.78 is 39.5. The molecule has 0 amide bonds. The molecule has 8 heteroatoms. The molecule has 0 unspecified atom stereocenters. The normalized spacial score (nSPS) is 11.6. The molecule has 3 aromatic heterocycles. The van der Waals surface area contributed by atoms with E-state index in [1.54, 1.807) is 18.6 Å². The number of aromatic nitrogens is 4. The minimum atomic E-state index is -4.38. The van der Waals surface area contributed by atoms with Crippen molar-refractivity contribution < 1.29 is 13.2 Å². The van der Waals surface area contributed by atoms with E-state index >= 15 is 0 Å². The van der Waals surface area contributed by atoms with Gasteiger partial charge in [0.05, 0.1) is 17.8 Å². The van der Waals surface area contributed by atoms with Crippen LogP contribution < -0.4 is 0 Å². The van der Waals surface area contributed by atoms with Gasteiger partial charge in [-0.15, -0.1) is 0 Å². The number of alkyl halides is 3. The Balaban J connectivity index is 1.75. The van der Waals surface area contributed by atoms with Crippen LogP contribution in [0.5, 0.6) is 0 Å². The highest BCUT2D eigenvalue weighted by molar-refractivity contribution is 7.99. The van der Waals surface area contributed by atoms with Crippen LogP contribution in [0.15, 0.2) is 65.3 Å². The van der Waals surface area contributed by atoms with Gasteiger partial charge in [-0.25, -0.2) is 9.97 Å². The highest BCUT2D eigenvalue weighted by Crippen LogP contribution is 2.31. The predicted molar refractivity (Wildman–Crippen MR) is 78.9 cm³/mol. The average Bonchev–Trinajstić information content (AvgIpc) is 2.95. The summed E-state index contributed by atoms with van der Waals surface area (Å²) in [6.07, 6.45) is 1.58.